The van der Waals surface area contributed by atoms with Crippen LogP contribution in [-0.4, -0.2) is 70.7 Å². The molecule has 0 atom stereocenters. The molecule has 0 radical (unpaired) electrons. The van der Waals surface area contributed by atoms with Crippen molar-refractivity contribution in [3.8, 4) is 11.3 Å². The van der Waals surface area contributed by atoms with Crippen molar-refractivity contribution in [2.24, 2.45) is 0 Å². The summed E-state index contributed by atoms with van der Waals surface area (Å²) in [6.45, 7) is 9.79. The van der Waals surface area contributed by atoms with Crippen LogP contribution < -0.4 is 15.1 Å². The number of rotatable bonds is 6. The lowest BCUT2D eigenvalue weighted by atomic mass is 10.1. The summed E-state index contributed by atoms with van der Waals surface area (Å²) < 4.78 is 1.87. The number of benzene rings is 2. The number of nitrogens with zero attached hydrogens (tertiary/aromatic N) is 6. The Hall–Kier alpha value is -3.59. The van der Waals surface area contributed by atoms with E-state index in [1.807, 2.05) is 45.6 Å². The number of hydrogen-bond acceptors (Lipinski definition) is 7. The number of piperazine rings is 1. The van der Waals surface area contributed by atoms with Gasteiger partial charge in [-0.05, 0) is 32.9 Å². The fraction of sp³-hybridized carbons (Fsp3) is 0.370. The quantitative estimate of drug-likeness (QED) is 0.419. The van der Waals surface area contributed by atoms with Gasteiger partial charge in [0.05, 0.1) is 6.54 Å². The zero-order valence-electron chi connectivity index (χ0n) is 21.3. The van der Waals surface area contributed by atoms with E-state index in [9.17, 15) is 4.79 Å². The Balaban J connectivity index is 1.30. The molecular weight excluding hydrogens is 470 g/mol. The topological polar surface area (TPSA) is 69.0 Å². The normalized spacial score (nSPS) is 14.3. The van der Waals surface area contributed by atoms with Crippen molar-refractivity contribution in [2.45, 2.75) is 26.3 Å². The number of likely N-dealkylation sites (N-methyl/N-ethyl adjacent to an activating group) is 1. The van der Waals surface area contributed by atoms with Gasteiger partial charge in [0, 0.05) is 50.0 Å². The van der Waals surface area contributed by atoms with Crippen LogP contribution >= 0.6 is 11.3 Å². The second-order valence-corrected chi connectivity index (χ2v) is 11.1. The molecule has 2 aromatic carbocycles. The average molecular weight is 504 g/mol. The van der Waals surface area contributed by atoms with Crippen LogP contribution in [0.1, 0.15) is 20.8 Å². The fourth-order valence-corrected chi connectivity index (χ4v) is 5.24. The van der Waals surface area contributed by atoms with Crippen LogP contribution in [0, 0.1) is 0 Å². The standard InChI is InChI=1S/C27H33N7OS/c1-27(2,3)29-24-23(20-11-7-5-8-12-20)28-25-34(24)30-26(36-25)31(4)19-22(35)33-17-15-32(16-18-33)21-13-9-6-10-14-21/h5-14,29H,15-19H2,1-4H3. The third-order valence-corrected chi connectivity index (χ3v) is 7.21. The first-order valence-corrected chi connectivity index (χ1v) is 13.1. The van der Waals surface area contributed by atoms with E-state index in [1.165, 1.54) is 17.0 Å². The molecule has 1 fully saturated rings. The Morgan fingerprint density at radius 1 is 1.00 bits per heavy atom. The predicted octanol–water partition coefficient (Wildman–Crippen LogP) is 4.45. The van der Waals surface area contributed by atoms with E-state index in [1.54, 1.807) is 0 Å². The van der Waals surface area contributed by atoms with Crippen molar-refractivity contribution in [1.29, 1.82) is 0 Å². The molecule has 1 amide bonds. The van der Waals surface area contributed by atoms with E-state index < -0.39 is 0 Å². The lowest BCUT2D eigenvalue weighted by Crippen LogP contribution is -2.51. The SMILES string of the molecule is CN(CC(=O)N1CCN(c2ccccc2)CC1)c1nn2c(NC(C)(C)C)c(-c3ccccc3)nc2s1. The van der Waals surface area contributed by atoms with Gasteiger partial charge in [-0.15, -0.1) is 5.10 Å². The van der Waals surface area contributed by atoms with Gasteiger partial charge in [0.1, 0.15) is 5.69 Å². The number of imidazole rings is 1. The molecule has 0 spiro atoms. The monoisotopic (exact) mass is 503 g/mol. The Morgan fingerprint density at radius 3 is 2.28 bits per heavy atom. The summed E-state index contributed by atoms with van der Waals surface area (Å²) in [5, 5.41) is 9.20. The maximum Gasteiger partial charge on any atom is 0.242 e. The summed E-state index contributed by atoms with van der Waals surface area (Å²) in [6, 6.07) is 20.5. The van der Waals surface area contributed by atoms with Crippen LogP contribution in [0.4, 0.5) is 16.6 Å². The molecule has 1 aliphatic rings. The first-order chi connectivity index (χ1) is 17.3. The first-order valence-electron chi connectivity index (χ1n) is 12.3. The van der Waals surface area contributed by atoms with E-state index in [2.05, 4.69) is 67.4 Å². The summed E-state index contributed by atoms with van der Waals surface area (Å²) in [7, 11) is 1.92. The van der Waals surface area contributed by atoms with Crippen LogP contribution in [0.3, 0.4) is 0 Å². The number of carbonyl (C=O) groups is 1. The Kier molecular flexibility index (Phi) is 6.57. The molecule has 0 unspecified atom stereocenters. The van der Waals surface area contributed by atoms with Crippen molar-refractivity contribution >= 4 is 38.8 Å². The number of para-hydroxylation sites is 1. The van der Waals surface area contributed by atoms with Crippen LogP contribution in [-0.2, 0) is 4.79 Å². The minimum Gasteiger partial charge on any atom is -0.368 e. The molecule has 4 aromatic rings. The third-order valence-electron chi connectivity index (χ3n) is 6.19. The zero-order chi connectivity index (χ0) is 25.3. The highest BCUT2D eigenvalue weighted by atomic mass is 32.1. The zero-order valence-corrected chi connectivity index (χ0v) is 22.1. The number of anilines is 3. The Bertz CT molecular complexity index is 1320. The van der Waals surface area contributed by atoms with Crippen LogP contribution in [0.15, 0.2) is 60.7 Å². The van der Waals surface area contributed by atoms with Gasteiger partial charge in [0.15, 0.2) is 5.82 Å². The van der Waals surface area contributed by atoms with Gasteiger partial charge in [-0.2, -0.15) is 4.52 Å². The molecular formula is C27H33N7OS. The Morgan fingerprint density at radius 2 is 1.64 bits per heavy atom. The largest absolute Gasteiger partial charge is 0.368 e. The maximum atomic E-state index is 13.1. The van der Waals surface area contributed by atoms with Crippen molar-refractivity contribution in [3.05, 3.63) is 60.7 Å². The molecule has 2 aromatic heterocycles. The number of aromatic nitrogens is 3. The molecule has 188 valence electrons. The van der Waals surface area contributed by atoms with Gasteiger partial charge in [-0.25, -0.2) is 4.98 Å². The van der Waals surface area contributed by atoms with E-state index in [-0.39, 0.29) is 18.0 Å². The smallest absolute Gasteiger partial charge is 0.242 e. The number of hydrogen-bond donors (Lipinski definition) is 1. The van der Waals surface area contributed by atoms with Crippen molar-refractivity contribution in [2.75, 3.05) is 54.9 Å². The minimum atomic E-state index is -0.160. The van der Waals surface area contributed by atoms with Gasteiger partial charge in [0.2, 0.25) is 16.0 Å². The van der Waals surface area contributed by atoms with Crippen LogP contribution in [0.5, 0.6) is 0 Å². The van der Waals surface area contributed by atoms with E-state index in [4.69, 9.17) is 10.1 Å². The molecule has 1 saturated heterocycles. The molecule has 9 heteroatoms. The van der Waals surface area contributed by atoms with Crippen molar-refractivity contribution in [3.63, 3.8) is 0 Å². The molecule has 5 rings (SSSR count). The molecule has 36 heavy (non-hydrogen) atoms. The minimum absolute atomic E-state index is 0.121. The van der Waals surface area contributed by atoms with E-state index in [0.29, 0.717) is 0 Å². The van der Waals surface area contributed by atoms with Crippen molar-refractivity contribution < 1.29 is 4.79 Å². The number of amides is 1. The van der Waals surface area contributed by atoms with Gasteiger partial charge < -0.3 is 20.0 Å². The number of carbonyl (C=O) groups excluding carboxylic acids is 1. The van der Waals surface area contributed by atoms with Crippen molar-refractivity contribution in [1.82, 2.24) is 19.5 Å². The highest BCUT2D eigenvalue weighted by molar-refractivity contribution is 7.20. The van der Waals surface area contributed by atoms with Crippen LogP contribution in [0.2, 0.25) is 0 Å². The average Bonchev–Trinajstić information content (AvgIpc) is 3.44. The van der Waals surface area contributed by atoms with E-state index in [0.717, 1.165) is 53.3 Å². The number of fused-ring (bicyclic) bond motifs is 1. The lowest BCUT2D eigenvalue weighted by Gasteiger charge is -2.36. The molecule has 3 heterocycles. The van der Waals surface area contributed by atoms with Crippen LogP contribution in [0.25, 0.3) is 16.2 Å². The maximum absolute atomic E-state index is 13.1. The summed E-state index contributed by atoms with van der Waals surface area (Å²) in [5.74, 6) is 0.985. The molecule has 1 aliphatic heterocycles. The molecule has 0 aliphatic carbocycles. The van der Waals surface area contributed by atoms with Gasteiger partial charge >= 0.3 is 0 Å². The first kappa shape index (κ1) is 24.1. The summed E-state index contributed by atoms with van der Waals surface area (Å²) in [4.78, 5) is 25.0. The predicted molar refractivity (Wildman–Crippen MR) is 148 cm³/mol. The van der Waals surface area contributed by atoms with E-state index >= 15 is 0 Å². The summed E-state index contributed by atoms with van der Waals surface area (Å²) >= 11 is 1.50. The molecule has 0 bridgehead atoms. The second-order valence-electron chi connectivity index (χ2n) is 10.2. The lowest BCUT2D eigenvalue weighted by molar-refractivity contribution is -0.129. The van der Waals surface area contributed by atoms with Gasteiger partial charge in [0.25, 0.3) is 0 Å². The van der Waals surface area contributed by atoms with Gasteiger partial charge in [-0.1, -0.05) is 59.9 Å². The van der Waals surface area contributed by atoms with Gasteiger partial charge in [-0.3, -0.25) is 4.79 Å². The highest BCUT2D eigenvalue weighted by Crippen LogP contribution is 2.34. The Labute approximate surface area is 216 Å². The second kappa shape index (κ2) is 9.81. The fourth-order valence-electron chi connectivity index (χ4n) is 4.38. The molecule has 8 nitrogen and oxygen atoms in total. The molecule has 1 N–H and O–H groups in total. The third kappa shape index (κ3) is 5.16. The number of nitrogens with one attached hydrogen (secondary N) is 1. The summed E-state index contributed by atoms with van der Waals surface area (Å²) in [5.41, 5.74) is 2.97. The highest BCUT2D eigenvalue weighted by Gasteiger charge is 2.25. The molecule has 0 saturated carbocycles. The summed E-state index contributed by atoms with van der Waals surface area (Å²) in [6.07, 6.45) is 0.